The van der Waals surface area contributed by atoms with Crippen molar-refractivity contribution >= 4 is 15.1 Å². The molecule has 0 spiro atoms. The Morgan fingerprint density at radius 2 is 1.93 bits per heavy atom. The van der Waals surface area contributed by atoms with E-state index in [9.17, 15) is 15.0 Å². The van der Waals surface area contributed by atoms with Gasteiger partial charge in [-0.25, -0.2) is 0 Å². The Labute approximate surface area is 84.1 Å². The lowest BCUT2D eigenvalue weighted by Gasteiger charge is -2.25. The summed E-state index contributed by atoms with van der Waals surface area (Å²) >= 11 is 0. The molecule has 0 rings (SSSR count). The summed E-state index contributed by atoms with van der Waals surface area (Å²) in [5.74, 6) is -0.658. The van der Waals surface area contributed by atoms with Crippen LogP contribution in [0.4, 0.5) is 0 Å². The van der Waals surface area contributed by atoms with Gasteiger partial charge in [-0.2, -0.15) is 0 Å². The van der Waals surface area contributed by atoms with E-state index in [4.69, 9.17) is 10.2 Å². The first-order valence-electron chi connectivity index (χ1n) is 4.08. The summed E-state index contributed by atoms with van der Waals surface area (Å²) in [5, 5.41) is 38.4. The van der Waals surface area contributed by atoms with Crippen LogP contribution in [0.3, 0.4) is 0 Å². The van der Waals surface area contributed by atoms with Crippen molar-refractivity contribution in [2.75, 3.05) is 13.7 Å². The number of hydrogen-bond acceptors (Lipinski definition) is 5. The van der Waals surface area contributed by atoms with E-state index in [1.807, 2.05) is 0 Å². The van der Waals surface area contributed by atoms with E-state index >= 15 is 0 Å². The summed E-state index contributed by atoms with van der Waals surface area (Å²) in [6, 6.07) is 0. The minimum atomic E-state index is -1.44. The molecule has 0 fully saturated rings. The van der Waals surface area contributed by atoms with Gasteiger partial charge in [-0.3, -0.25) is 4.79 Å². The second-order valence-corrected chi connectivity index (χ2v) is 3.65. The van der Waals surface area contributed by atoms with Crippen LogP contribution in [0.15, 0.2) is 0 Å². The average Bonchev–Trinajstić information content (AvgIpc) is 2.23. The molecular weight excluding hydrogens is 209 g/mol. The molecule has 5 unspecified atom stereocenters. The van der Waals surface area contributed by atoms with Crippen molar-refractivity contribution in [3.63, 3.8) is 0 Å². The Kier molecular flexibility index (Phi) is 6.15. The van der Waals surface area contributed by atoms with Crippen molar-refractivity contribution in [2.24, 2.45) is 0 Å². The van der Waals surface area contributed by atoms with Gasteiger partial charge in [-0.15, -0.1) is 9.24 Å². The Morgan fingerprint density at radius 3 is 2.29 bits per heavy atom. The van der Waals surface area contributed by atoms with Crippen LogP contribution in [0.2, 0.25) is 0 Å². The maximum atomic E-state index is 10.9. The Hall–Kier alpha value is -0.260. The van der Waals surface area contributed by atoms with E-state index in [0.717, 1.165) is 0 Å². The van der Waals surface area contributed by atoms with Crippen molar-refractivity contribution in [2.45, 2.75) is 24.0 Å². The summed E-state index contributed by atoms with van der Waals surface area (Å²) in [7, 11) is 3.40. The maximum absolute atomic E-state index is 10.9. The molecule has 5 atom stereocenters. The van der Waals surface area contributed by atoms with Crippen LogP contribution in [0.25, 0.3) is 0 Å². The number of aliphatic hydroxyl groups excluding tert-OH is 4. The molecular formula is C7H16NO5P. The molecule has 0 aromatic heterocycles. The highest BCUT2D eigenvalue weighted by Crippen LogP contribution is 2.14. The highest BCUT2D eigenvalue weighted by molar-refractivity contribution is 7.17. The van der Waals surface area contributed by atoms with E-state index in [2.05, 4.69) is 14.6 Å². The molecule has 0 saturated carbocycles. The summed E-state index contributed by atoms with van der Waals surface area (Å²) in [5.41, 5.74) is -0.933. The zero-order chi connectivity index (χ0) is 11.3. The molecule has 7 heteroatoms. The van der Waals surface area contributed by atoms with Gasteiger partial charge in [-0.05, 0) is 0 Å². The third-order valence-corrected chi connectivity index (χ3v) is 2.61. The van der Waals surface area contributed by atoms with Gasteiger partial charge in [-0.1, -0.05) is 0 Å². The zero-order valence-corrected chi connectivity index (χ0v) is 8.95. The molecule has 0 heterocycles. The smallest absolute Gasteiger partial charge is 0.249 e. The monoisotopic (exact) mass is 225 g/mol. The van der Waals surface area contributed by atoms with E-state index in [1.54, 1.807) is 0 Å². The molecule has 84 valence electrons. The van der Waals surface area contributed by atoms with E-state index in [1.165, 1.54) is 7.05 Å². The fourth-order valence-corrected chi connectivity index (χ4v) is 1.31. The minimum absolute atomic E-state index is 0.632. The molecule has 0 bridgehead atoms. The summed E-state index contributed by atoms with van der Waals surface area (Å²) in [6.07, 6.45) is -4.20. The predicted octanol–water partition coefficient (Wildman–Crippen LogP) is -2.95. The molecule has 0 radical (unpaired) electrons. The number of carbonyl (C=O) groups excluding carboxylic acids is 1. The standard InChI is InChI=1S/C7H16NO5P/c1-8-7(13)5(12)6(14)4(11)3(10)2-9/h3-6,9-12H,2,14H2,1H3,(H,8,13). The Morgan fingerprint density at radius 1 is 1.43 bits per heavy atom. The summed E-state index contributed by atoms with van der Waals surface area (Å²) in [4.78, 5) is 10.9. The second-order valence-electron chi connectivity index (χ2n) is 2.88. The largest absolute Gasteiger partial charge is 0.394 e. The molecule has 14 heavy (non-hydrogen) atoms. The van der Waals surface area contributed by atoms with Crippen molar-refractivity contribution < 1.29 is 25.2 Å². The number of rotatable bonds is 5. The second kappa shape index (κ2) is 6.27. The van der Waals surface area contributed by atoms with Gasteiger partial charge in [0, 0.05) is 12.7 Å². The van der Waals surface area contributed by atoms with Gasteiger partial charge in [0.25, 0.3) is 0 Å². The number of hydrogen-bond donors (Lipinski definition) is 5. The van der Waals surface area contributed by atoms with Crippen LogP contribution in [0.5, 0.6) is 0 Å². The fraction of sp³-hybridized carbons (Fsp3) is 0.857. The zero-order valence-electron chi connectivity index (χ0n) is 7.79. The summed E-state index contributed by atoms with van der Waals surface area (Å²) in [6.45, 7) is -0.632. The third kappa shape index (κ3) is 3.48. The van der Waals surface area contributed by atoms with Gasteiger partial charge in [0.1, 0.15) is 12.2 Å². The number of aliphatic hydroxyl groups is 4. The van der Waals surface area contributed by atoms with Gasteiger partial charge in [0.15, 0.2) is 0 Å². The first-order valence-corrected chi connectivity index (χ1v) is 4.74. The predicted molar refractivity (Wildman–Crippen MR) is 52.7 cm³/mol. The van der Waals surface area contributed by atoms with Gasteiger partial charge < -0.3 is 25.7 Å². The van der Waals surface area contributed by atoms with Gasteiger partial charge in [0.2, 0.25) is 5.91 Å². The molecule has 0 aliphatic carbocycles. The third-order valence-electron chi connectivity index (χ3n) is 1.86. The van der Waals surface area contributed by atoms with Crippen molar-refractivity contribution in [3.05, 3.63) is 0 Å². The summed E-state index contributed by atoms with van der Waals surface area (Å²) < 4.78 is 0. The normalized spacial score (nSPS) is 19.6. The van der Waals surface area contributed by atoms with Crippen molar-refractivity contribution in [1.82, 2.24) is 5.32 Å². The average molecular weight is 225 g/mol. The van der Waals surface area contributed by atoms with Crippen LogP contribution in [0, 0.1) is 0 Å². The highest BCUT2D eigenvalue weighted by Gasteiger charge is 2.31. The number of nitrogens with one attached hydrogen (secondary N) is 1. The molecule has 6 nitrogen and oxygen atoms in total. The molecule has 0 aromatic carbocycles. The molecule has 5 N–H and O–H groups in total. The highest BCUT2D eigenvalue weighted by atomic mass is 31.0. The first kappa shape index (κ1) is 13.7. The molecule has 0 aromatic rings. The molecule has 0 saturated heterocycles. The lowest BCUT2D eigenvalue weighted by Crippen LogP contribution is -2.48. The van der Waals surface area contributed by atoms with Crippen LogP contribution in [-0.4, -0.2) is 64.0 Å². The van der Waals surface area contributed by atoms with Crippen molar-refractivity contribution in [1.29, 1.82) is 0 Å². The molecule has 0 aliphatic rings. The van der Waals surface area contributed by atoms with E-state index in [0.29, 0.717) is 0 Å². The van der Waals surface area contributed by atoms with Gasteiger partial charge >= 0.3 is 0 Å². The van der Waals surface area contributed by atoms with Crippen LogP contribution < -0.4 is 5.32 Å². The molecule has 0 aliphatic heterocycles. The van der Waals surface area contributed by atoms with Gasteiger partial charge in [0.05, 0.1) is 12.7 Å². The number of amides is 1. The maximum Gasteiger partial charge on any atom is 0.249 e. The van der Waals surface area contributed by atoms with Crippen molar-refractivity contribution in [3.8, 4) is 0 Å². The van der Waals surface area contributed by atoms with E-state index < -0.39 is 36.5 Å². The van der Waals surface area contributed by atoms with Crippen LogP contribution in [0.1, 0.15) is 0 Å². The number of likely N-dealkylation sites (N-methyl/N-ethyl adjacent to an activating group) is 1. The van der Waals surface area contributed by atoms with E-state index in [-0.39, 0.29) is 0 Å². The lowest BCUT2D eigenvalue weighted by atomic mass is 10.1. The number of carbonyl (C=O) groups is 1. The SMILES string of the molecule is CNC(=O)C(O)C(P)C(O)C(O)CO. The Balaban J connectivity index is 4.30. The molecule has 1 amide bonds. The van der Waals surface area contributed by atoms with Crippen LogP contribution >= 0.6 is 9.24 Å². The topological polar surface area (TPSA) is 110 Å². The minimum Gasteiger partial charge on any atom is -0.394 e. The Bertz CT molecular complexity index is 191. The van der Waals surface area contributed by atoms with Crippen LogP contribution in [-0.2, 0) is 4.79 Å². The quantitative estimate of drug-likeness (QED) is 0.321. The fourth-order valence-electron chi connectivity index (χ4n) is 0.874. The lowest BCUT2D eigenvalue weighted by molar-refractivity contribution is -0.131. The first-order chi connectivity index (χ1) is 6.45.